The zero-order valence-electron chi connectivity index (χ0n) is 22.1. The molecule has 8 nitrogen and oxygen atoms in total. The maximum absolute atomic E-state index is 13.4. The van der Waals surface area contributed by atoms with Crippen LogP contribution in [0.25, 0.3) is 5.76 Å². The van der Waals surface area contributed by atoms with E-state index in [0.29, 0.717) is 28.6 Å². The highest BCUT2D eigenvalue weighted by molar-refractivity contribution is 6.46. The first-order chi connectivity index (χ1) is 18.3. The highest BCUT2D eigenvalue weighted by Gasteiger charge is 2.46. The number of hydrogen-bond donors (Lipinski definition) is 1. The monoisotopic (exact) mass is 517 g/mol. The molecule has 1 aliphatic rings. The maximum Gasteiger partial charge on any atom is 0.295 e. The Morgan fingerprint density at radius 3 is 2.03 bits per heavy atom. The molecule has 3 aromatic carbocycles. The van der Waals surface area contributed by atoms with Crippen molar-refractivity contribution >= 4 is 17.4 Å². The molecule has 0 saturated carbocycles. The number of rotatable bonds is 9. The summed E-state index contributed by atoms with van der Waals surface area (Å²) in [6, 6.07) is 18.4. The molecule has 198 valence electrons. The molecule has 1 aliphatic heterocycles. The van der Waals surface area contributed by atoms with Crippen LogP contribution < -0.4 is 18.9 Å². The van der Waals surface area contributed by atoms with Crippen LogP contribution in [0, 0.1) is 0 Å². The molecule has 38 heavy (non-hydrogen) atoms. The fourth-order valence-corrected chi connectivity index (χ4v) is 4.46. The summed E-state index contributed by atoms with van der Waals surface area (Å²) in [6.07, 6.45) is -0.0101. The molecule has 1 N–H and O–H groups in total. The molecule has 1 saturated heterocycles. The smallest absolute Gasteiger partial charge is 0.295 e. The number of hydrogen-bond acceptors (Lipinski definition) is 7. The first-order valence-corrected chi connectivity index (χ1v) is 12.2. The summed E-state index contributed by atoms with van der Waals surface area (Å²) in [7, 11) is 4.55. The number of likely N-dealkylation sites (tertiary alicyclic amines) is 1. The van der Waals surface area contributed by atoms with Gasteiger partial charge in [0.2, 0.25) is 0 Å². The molecule has 0 aromatic heterocycles. The Balaban J connectivity index is 1.84. The van der Waals surface area contributed by atoms with Crippen LogP contribution in [0.5, 0.6) is 23.0 Å². The van der Waals surface area contributed by atoms with E-state index in [4.69, 9.17) is 18.9 Å². The van der Waals surface area contributed by atoms with Crippen LogP contribution >= 0.6 is 0 Å². The summed E-state index contributed by atoms with van der Waals surface area (Å²) in [6.45, 7) is 4.01. The number of aliphatic hydroxyl groups is 1. The molecular weight excluding hydrogens is 486 g/mol. The van der Waals surface area contributed by atoms with Crippen molar-refractivity contribution in [3.05, 3.63) is 89.0 Å². The predicted molar refractivity (Wildman–Crippen MR) is 143 cm³/mol. The lowest BCUT2D eigenvalue weighted by Crippen LogP contribution is -2.29. The van der Waals surface area contributed by atoms with Crippen LogP contribution in [0.3, 0.4) is 0 Å². The molecule has 8 heteroatoms. The summed E-state index contributed by atoms with van der Waals surface area (Å²) in [5.74, 6) is 0.363. The quantitative estimate of drug-likeness (QED) is 0.239. The first kappa shape index (κ1) is 26.6. The van der Waals surface area contributed by atoms with Crippen LogP contribution in [0.15, 0.2) is 72.3 Å². The predicted octanol–water partition coefficient (Wildman–Crippen LogP) is 5.12. The minimum atomic E-state index is -0.836. The number of ether oxygens (including phenoxy) is 4. The van der Waals surface area contributed by atoms with Gasteiger partial charge in [-0.1, -0.05) is 24.3 Å². The van der Waals surface area contributed by atoms with Crippen LogP contribution in [0.1, 0.15) is 36.6 Å². The van der Waals surface area contributed by atoms with E-state index in [1.54, 1.807) is 61.7 Å². The molecule has 0 aliphatic carbocycles. The number of carbonyl (C=O) groups is 2. The molecule has 1 unspecified atom stereocenters. The van der Waals surface area contributed by atoms with E-state index < -0.39 is 17.7 Å². The minimum absolute atomic E-state index is 0.0101. The van der Waals surface area contributed by atoms with Crippen molar-refractivity contribution < 1.29 is 33.6 Å². The number of methoxy groups -OCH3 is 3. The lowest BCUT2D eigenvalue weighted by molar-refractivity contribution is -0.140. The second-order valence-electron chi connectivity index (χ2n) is 9.08. The van der Waals surface area contributed by atoms with Crippen LogP contribution in [0.2, 0.25) is 0 Å². The topological polar surface area (TPSA) is 94.5 Å². The molecule has 1 heterocycles. The van der Waals surface area contributed by atoms with E-state index in [-0.39, 0.29) is 29.5 Å². The highest BCUT2D eigenvalue weighted by atomic mass is 16.5. The third-order valence-electron chi connectivity index (χ3n) is 6.28. The van der Waals surface area contributed by atoms with E-state index in [1.807, 2.05) is 26.0 Å². The van der Waals surface area contributed by atoms with Crippen molar-refractivity contribution in [2.24, 2.45) is 0 Å². The maximum atomic E-state index is 13.4. The molecule has 1 atom stereocenters. The molecule has 3 aromatic rings. The van der Waals surface area contributed by atoms with Gasteiger partial charge < -0.3 is 29.0 Å². The number of ketones is 1. The van der Waals surface area contributed by atoms with Gasteiger partial charge in [0.05, 0.1) is 44.6 Å². The second-order valence-corrected chi connectivity index (χ2v) is 9.08. The third kappa shape index (κ3) is 5.29. The molecular formula is C30H31NO7. The Morgan fingerprint density at radius 2 is 1.45 bits per heavy atom. The van der Waals surface area contributed by atoms with Crippen LogP contribution in [0.4, 0.5) is 0 Å². The Morgan fingerprint density at radius 1 is 0.842 bits per heavy atom. The van der Waals surface area contributed by atoms with Gasteiger partial charge in [-0.15, -0.1) is 0 Å². The van der Waals surface area contributed by atoms with E-state index in [0.717, 1.165) is 5.56 Å². The SMILES string of the molecule is COc1ccc(CN2C(=O)C(=O)/C(=C(\O)c3ccc(OC)cc3OC)C2c2ccc(OC(C)C)cc2)cc1. The molecule has 4 rings (SSSR count). The standard InChI is InChI=1S/C30H31NO7/c1-18(2)38-22-12-8-20(9-13-22)27-26(28(32)24-15-14-23(36-4)16-25(24)37-5)29(33)30(34)31(27)17-19-6-10-21(35-3)11-7-19/h6-16,18,27,32H,17H2,1-5H3/b28-26-. The fourth-order valence-electron chi connectivity index (χ4n) is 4.46. The Hall–Kier alpha value is -4.46. The average Bonchev–Trinajstić information content (AvgIpc) is 3.17. The van der Waals surface area contributed by atoms with E-state index in [1.165, 1.54) is 19.1 Å². The largest absolute Gasteiger partial charge is 0.507 e. The van der Waals surface area contributed by atoms with Crippen molar-refractivity contribution in [2.45, 2.75) is 32.5 Å². The van der Waals surface area contributed by atoms with Crippen molar-refractivity contribution in [1.82, 2.24) is 4.90 Å². The van der Waals surface area contributed by atoms with Gasteiger partial charge >= 0.3 is 0 Å². The second kappa shape index (κ2) is 11.3. The van der Waals surface area contributed by atoms with Crippen LogP contribution in [-0.2, 0) is 16.1 Å². The first-order valence-electron chi connectivity index (χ1n) is 12.2. The van der Waals surface area contributed by atoms with Crippen molar-refractivity contribution in [2.75, 3.05) is 21.3 Å². The Labute approximate surface area is 222 Å². The third-order valence-corrected chi connectivity index (χ3v) is 6.28. The number of nitrogens with zero attached hydrogens (tertiary/aromatic N) is 1. The molecule has 0 radical (unpaired) electrons. The molecule has 0 bridgehead atoms. The zero-order chi connectivity index (χ0) is 27.4. The number of amides is 1. The van der Waals surface area contributed by atoms with E-state index >= 15 is 0 Å². The summed E-state index contributed by atoms with van der Waals surface area (Å²) >= 11 is 0. The average molecular weight is 518 g/mol. The lowest BCUT2D eigenvalue weighted by Gasteiger charge is -2.26. The lowest BCUT2D eigenvalue weighted by atomic mass is 9.94. The van der Waals surface area contributed by atoms with Gasteiger partial charge in [-0.25, -0.2) is 0 Å². The highest BCUT2D eigenvalue weighted by Crippen LogP contribution is 2.42. The summed E-state index contributed by atoms with van der Waals surface area (Å²) in [5.41, 5.74) is 1.72. The van der Waals surface area contributed by atoms with Crippen molar-refractivity contribution in [3.8, 4) is 23.0 Å². The van der Waals surface area contributed by atoms with Crippen molar-refractivity contribution in [1.29, 1.82) is 0 Å². The summed E-state index contributed by atoms with van der Waals surface area (Å²) in [5, 5.41) is 11.5. The molecule has 1 amide bonds. The van der Waals surface area contributed by atoms with Gasteiger partial charge in [0, 0.05) is 12.6 Å². The zero-order valence-corrected chi connectivity index (χ0v) is 22.1. The number of Topliss-reactive ketones (excluding diaryl/α,β-unsaturated/α-hetero) is 1. The van der Waals surface area contributed by atoms with Gasteiger partial charge in [-0.2, -0.15) is 0 Å². The minimum Gasteiger partial charge on any atom is -0.507 e. The van der Waals surface area contributed by atoms with Gasteiger partial charge in [0.15, 0.2) is 0 Å². The number of aliphatic hydroxyl groups excluding tert-OH is 1. The van der Waals surface area contributed by atoms with E-state index in [9.17, 15) is 14.7 Å². The van der Waals surface area contributed by atoms with Gasteiger partial charge in [0.1, 0.15) is 28.8 Å². The summed E-state index contributed by atoms with van der Waals surface area (Å²) in [4.78, 5) is 28.2. The van der Waals surface area contributed by atoms with Gasteiger partial charge in [-0.05, 0) is 61.4 Å². The number of benzene rings is 3. The summed E-state index contributed by atoms with van der Waals surface area (Å²) < 4.78 is 21.7. The molecule has 0 spiro atoms. The normalized spacial score (nSPS) is 16.6. The Bertz CT molecular complexity index is 1340. The van der Waals surface area contributed by atoms with Crippen LogP contribution in [-0.4, -0.2) is 49.1 Å². The van der Waals surface area contributed by atoms with E-state index in [2.05, 4.69) is 0 Å². The van der Waals surface area contributed by atoms with Crippen molar-refractivity contribution in [3.63, 3.8) is 0 Å². The fraction of sp³-hybridized carbons (Fsp3) is 0.267. The number of carbonyl (C=O) groups excluding carboxylic acids is 2. The van der Waals surface area contributed by atoms with Gasteiger partial charge in [-0.3, -0.25) is 9.59 Å². The van der Waals surface area contributed by atoms with Gasteiger partial charge in [0.25, 0.3) is 11.7 Å². The molecule has 1 fully saturated rings. The Kier molecular flexibility index (Phi) is 7.90.